The maximum absolute atomic E-state index is 12.0. The van der Waals surface area contributed by atoms with Crippen LogP contribution in [0.15, 0.2) is 27.6 Å². The SMILES string of the molecule is CCC(C(=O)OC(C)(C)C)n1ccc(Br)cc1=O. The van der Waals surface area contributed by atoms with Gasteiger partial charge >= 0.3 is 5.97 Å². The fourth-order valence-electron chi connectivity index (χ4n) is 1.57. The van der Waals surface area contributed by atoms with Gasteiger partial charge in [0.05, 0.1) is 0 Å². The molecule has 1 heterocycles. The Balaban J connectivity index is 3.03. The predicted octanol–water partition coefficient (Wildman–Crippen LogP) is 2.90. The molecule has 1 aromatic heterocycles. The Bertz CT molecular complexity index is 488. The van der Waals surface area contributed by atoms with Crippen LogP contribution in [0.4, 0.5) is 0 Å². The minimum Gasteiger partial charge on any atom is -0.458 e. The van der Waals surface area contributed by atoms with E-state index in [9.17, 15) is 9.59 Å². The van der Waals surface area contributed by atoms with Crippen LogP contribution in [0.1, 0.15) is 40.2 Å². The van der Waals surface area contributed by atoms with E-state index in [0.29, 0.717) is 10.9 Å². The summed E-state index contributed by atoms with van der Waals surface area (Å²) in [5.41, 5.74) is -0.772. The van der Waals surface area contributed by atoms with Crippen LogP contribution in [0.3, 0.4) is 0 Å². The first kappa shape index (κ1) is 15.0. The minimum atomic E-state index is -0.579. The molecule has 0 amide bonds. The van der Waals surface area contributed by atoms with Gasteiger partial charge in [-0.15, -0.1) is 0 Å². The number of esters is 1. The van der Waals surface area contributed by atoms with Gasteiger partial charge in [-0.25, -0.2) is 4.79 Å². The fourth-order valence-corrected chi connectivity index (χ4v) is 1.88. The van der Waals surface area contributed by atoms with E-state index < -0.39 is 11.6 Å². The largest absolute Gasteiger partial charge is 0.458 e. The normalized spacial score (nSPS) is 13.2. The Morgan fingerprint density at radius 1 is 1.50 bits per heavy atom. The highest BCUT2D eigenvalue weighted by Crippen LogP contribution is 2.17. The second-order valence-electron chi connectivity index (χ2n) is 5.05. The summed E-state index contributed by atoms with van der Waals surface area (Å²) in [5, 5.41) is 0. The Morgan fingerprint density at radius 3 is 2.56 bits per heavy atom. The molecule has 0 aliphatic heterocycles. The number of halogens is 1. The summed E-state index contributed by atoms with van der Waals surface area (Å²) in [6.45, 7) is 7.27. The van der Waals surface area contributed by atoms with Gasteiger partial charge in [-0.3, -0.25) is 4.79 Å². The van der Waals surface area contributed by atoms with Crippen LogP contribution < -0.4 is 5.56 Å². The standard InChI is InChI=1S/C13H18BrNO3/c1-5-10(12(17)18-13(2,3)4)15-7-6-9(14)8-11(15)16/h6-8,10H,5H2,1-4H3. The van der Waals surface area contributed by atoms with Gasteiger partial charge in [0.2, 0.25) is 0 Å². The maximum atomic E-state index is 12.0. The molecule has 0 aliphatic carbocycles. The van der Waals surface area contributed by atoms with Gasteiger partial charge in [0.15, 0.2) is 0 Å². The van der Waals surface area contributed by atoms with Crippen LogP contribution in [-0.4, -0.2) is 16.1 Å². The monoisotopic (exact) mass is 315 g/mol. The molecule has 1 unspecified atom stereocenters. The van der Waals surface area contributed by atoms with Crippen LogP contribution in [0.5, 0.6) is 0 Å². The highest BCUT2D eigenvalue weighted by atomic mass is 79.9. The van der Waals surface area contributed by atoms with Gasteiger partial charge in [-0.05, 0) is 33.3 Å². The number of pyridine rings is 1. The van der Waals surface area contributed by atoms with E-state index in [4.69, 9.17) is 4.74 Å². The molecule has 0 radical (unpaired) electrons. The van der Waals surface area contributed by atoms with Crippen molar-refractivity contribution >= 4 is 21.9 Å². The molecule has 18 heavy (non-hydrogen) atoms. The molecule has 0 spiro atoms. The second-order valence-corrected chi connectivity index (χ2v) is 5.96. The van der Waals surface area contributed by atoms with E-state index >= 15 is 0 Å². The molecule has 0 aromatic carbocycles. The van der Waals surface area contributed by atoms with Crippen LogP contribution in [0.25, 0.3) is 0 Å². The third-order valence-electron chi connectivity index (χ3n) is 2.31. The van der Waals surface area contributed by atoms with E-state index in [1.807, 2.05) is 27.7 Å². The van der Waals surface area contributed by atoms with Gasteiger partial charge in [0, 0.05) is 16.7 Å². The third kappa shape index (κ3) is 3.98. The molecule has 1 rings (SSSR count). The molecule has 0 bridgehead atoms. The molecule has 100 valence electrons. The quantitative estimate of drug-likeness (QED) is 0.806. The zero-order chi connectivity index (χ0) is 13.9. The van der Waals surface area contributed by atoms with Gasteiger partial charge in [-0.1, -0.05) is 22.9 Å². The summed E-state index contributed by atoms with van der Waals surface area (Å²) in [6, 6.07) is 2.59. The van der Waals surface area contributed by atoms with Crippen molar-refractivity contribution in [3.05, 3.63) is 33.2 Å². The van der Waals surface area contributed by atoms with E-state index in [1.54, 1.807) is 12.3 Å². The number of carbonyl (C=O) groups is 1. The van der Waals surface area contributed by atoms with Gasteiger partial charge in [0.1, 0.15) is 11.6 Å². The summed E-state index contributed by atoms with van der Waals surface area (Å²) in [4.78, 5) is 23.9. The number of nitrogens with zero attached hydrogens (tertiary/aromatic N) is 1. The lowest BCUT2D eigenvalue weighted by Gasteiger charge is -2.24. The predicted molar refractivity (Wildman–Crippen MR) is 73.6 cm³/mol. The van der Waals surface area contributed by atoms with Crippen LogP contribution >= 0.6 is 15.9 Å². The number of hydrogen-bond acceptors (Lipinski definition) is 3. The Kier molecular flexibility index (Phi) is 4.73. The van der Waals surface area contributed by atoms with Crippen LogP contribution in [-0.2, 0) is 9.53 Å². The minimum absolute atomic E-state index is 0.220. The van der Waals surface area contributed by atoms with Gasteiger partial charge < -0.3 is 9.30 Å². The fraction of sp³-hybridized carbons (Fsp3) is 0.538. The highest BCUT2D eigenvalue weighted by molar-refractivity contribution is 9.10. The Hall–Kier alpha value is -1.10. The molecule has 5 heteroatoms. The number of hydrogen-bond donors (Lipinski definition) is 0. The molecular formula is C13H18BrNO3. The van der Waals surface area contributed by atoms with Crippen molar-refractivity contribution in [1.82, 2.24) is 4.57 Å². The number of ether oxygens (including phenoxy) is 1. The summed E-state index contributed by atoms with van der Waals surface area (Å²) >= 11 is 3.22. The van der Waals surface area contributed by atoms with Crippen LogP contribution in [0, 0.1) is 0 Å². The van der Waals surface area contributed by atoms with Crippen molar-refractivity contribution in [2.75, 3.05) is 0 Å². The van der Waals surface area contributed by atoms with E-state index in [1.165, 1.54) is 10.6 Å². The maximum Gasteiger partial charge on any atom is 0.329 e. The molecule has 4 nitrogen and oxygen atoms in total. The highest BCUT2D eigenvalue weighted by Gasteiger charge is 2.25. The lowest BCUT2D eigenvalue weighted by molar-refractivity contribution is -0.159. The lowest BCUT2D eigenvalue weighted by Crippen LogP contribution is -2.34. The lowest BCUT2D eigenvalue weighted by atomic mass is 10.1. The first-order valence-corrected chi connectivity index (χ1v) is 6.64. The van der Waals surface area contributed by atoms with Crippen molar-refractivity contribution in [3.8, 4) is 0 Å². The second kappa shape index (κ2) is 5.69. The van der Waals surface area contributed by atoms with Gasteiger partial charge in [-0.2, -0.15) is 0 Å². The van der Waals surface area contributed by atoms with Crippen molar-refractivity contribution in [2.24, 2.45) is 0 Å². The average molecular weight is 316 g/mol. The zero-order valence-electron chi connectivity index (χ0n) is 11.1. The van der Waals surface area contributed by atoms with Crippen LogP contribution in [0.2, 0.25) is 0 Å². The molecule has 0 saturated heterocycles. The van der Waals surface area contributed by atoms with E-state index in [2.05, 4.69) is 15.9 Å². The Labute approximate surface area is 115 Å². The summed E-state index contributed by atoms with van der Waals surface area (Å²) < 4.78 is 7.42. The zero-order valence-corrected chi connectivity index (χ0v) is 12.7. The third-order valence-corrected chi connectivity index (χ3v) is 2.80. The van der Waals surface area contributed by atoms with Crippen molar-refractivity contribution in [1.29, 1.82) is 0 Å². The molecular weight excluding hydrogens is 298 g/mol. The van der Waals surface area contributed by atoms with Crippen molar-refractivity contribution in [3.63, 3.8) is 0 Å². The summed E-state index contributed by atoms with van der Waals surface area (Å²) in [5.74, 6) is -0.380. The topological polar surface area (TPSA) is 48.3 Å². The first-order valence-electron chi connectivity index (χ1n) is 5.85. The molecule has 1 atom stereocenters. The molecule has 0 fully saturated rings. The van der Waals surface area contributed by atoms with E-state index in [0.717, 1.165) is 0 Å². The number of rotatable bonds is 3. The van der Waals surface area contributed by atoms with E-state index in [-0.39, 0.29) is 11.5 Å². The molecule has 1 aromatic rings. The molecule has 0 saturated carbocycles. The molecule has 0 aliphatic rings. The Morgan fingerprint density at radius 2 is 2.11 bits per heavy atom. The van der Waals surface area contributed by atoms with Crippen molar-refractivity contribution in [2.45, 2.75) is 45.8 Å². The number of carbonyl (C=O) groups excluding carboxylic acids is 1. The molecule has 0 N–H and O–H groups in total. The first-order chi connectivity index (χ1) is 8.24. The summed E-state index contributed by atoms with van der Waals surface area (Å²) in [7, 11) is 0. The number of aromatic nitrogens is 1. The average Bonchev–Trinajstić information content (AvgIpc) is 2.19. The summed E-state index contributed by atoms with van der Waals surface area (Å²) in [6.07, 6.45) is 2.11. The smallest absolute Gasteiger partial charge is 0.329 e. The van der Waals surface area contributed by atoms with Gasteiger partial charge in [0.25, 0.3) is 5.56 Å². The van der Waals surface area contributed by atoms with Crippen molar-refractivity contribution < 1.29 is 9.53 Å².